The number of H-pyrrole nitrogens is 1. The van der Waals surface area contributed by atoms with Crippen LogP contribution in [0.2, 0.25) is 0 Å². The molecule has 200 valence electrons. The van der Waals surface area contributed by atoms with E-state index in [1.165, 1.54) is 4.68 Å². The first-order valence-corrected chi connectivity index (χ1v) is 12.7. The lowest BCUT2D eigenvalue weighted by Crippen LogP contribution is -2.29. The predicted molar refractivity (Wildman–Crippen MR) is 137 cm³/mol. The first kappa shape index (κ1) is 26.8. The van der Waals surface area contributed by atoms with E-state index < -0.39 is 17.7 Å². The number of hydrogen-bond donors (Lipinski definition) is 3. The van der Waals surface area contributed by atoms with Crippen LogP contribution in [-0.2, 0) is 11.8 Å². The average Bonchev–Trinajstić information content (AvgIpc) is 3.36. The Bertz CT molecular complexity index is 1300. The van der Waals surface area contributed by atoms with Gasteiger partial charge in [0.25, 0.3) is 5.91 Å². The Morgan fingerprint density at radius 3 is 2.51 bits per heavy atom. The van der Waals surface area contributed by atoms with Crippen molar-refractivity contribution in [1.29, 1.82) is 0 Å². The Morgan fingerprint density at radius 2 is 1.92 bits per heavy atom. The Labute approximate surface area is 215 Å². The Morgan fingerprint density at radius 1 is 1.24 bits per heavy atom. The fourth-order valence-corrected chi connectivity index (χ4v) is 5.19. The van der Waals surface area contributed by atoms with Gasteiger partial charge in [0.05, 0.1) is 28.7 Å². The van der Waals surface area contributed by atoms with Gasteiger partial charge in [-0.15, -0.1) is 0 Å². The average molecular weight is 515 g/mol. The lowest BCUT2D eigenvalue weighted by Gasteiger charge is -2.32. The molecule has 2 amide bonds. The number of amides is 2. The Hall–Kier alpha value is -3.30. The van der Waals surface area contributed by atoms with Crippen molar-refractivity contribution in [3.05, 3.63) is 47.0 Å². The summed E-state index contributed by atoms with van der Waals surface area (Å²) in [6.07, 6.45) is 0.672. The lowest BCUT2D eigenvalue weighted by atomic mass is 9.77. The number of aryl methyl sites for hydroxylation is 1. The highest BCUT2D eigenvalue weighted by Crippen LogP contribution is 2.44. The lowest BCUT2D eigenvalue weighted by molar-refractivity contribution is -0.123. The molecular formula is C27H36F2N6O2. The number of alkyl halides is 2. The summed E-state index contributed by atoms with van der Waals surface area (Å²) in [6.45, 7) is 8.00. The molecule has 0 unspecified atom stereocenters. The van der Waals surface area contributed by atoms with Crippen molar-refractivity contribution in [2.75, 3.05) is 0 Å². The summed E-state index contributed by atoms with van der Waals surface area (Å²) in [5.41, 5.74) is 8.65. The maximum Gasteiger partial charge on any atom is 0.266 e. The highest BCUT2D eigenvalue weighted by atomic mass is 19.3. The minimum atomic E-state index is -2.67. The number of primary amides is 1. The molecule has 0 spiro atoms. The molecule has 0 saturated heterocycles. The van der Waals surface area contributed by atoms with Gasteiger partial charge < -0.3 is 16.0 Å². The molecule has 10 heteroatoms. The van der Waals surface area contributed by atoms with Crippen molar-refractivity contribution in [3.63, 3.8) is 0 Å². The number of carbonyl (C=O) groups is 2. The minimum absolute atomic E-state index is 0.0139. The molecule has 4 rings (SSSR count). The van der Waals surface area contributed by atoms with Crippen molar-refractivity contribution in [2.24, 2.45) is 24.1 Å². The number of nitrogens with zero attached hydrogens (tertiary/aromatic N) is 3. The molecule has 3 aromatic rings. The normalized spacial score (nSPS) is 18.0. The molecule has 1 aliphatic carbocycles. The van der Waals surface area contributed by atoms with Gasteiger partial charge in [0.1, 0.15) is 11.5 Å². The Kier molecular flexibility index (Phi) is 7.14. The zero-order chi connectivity index (χ0) is 27.1. The molecule has 0 radical (unpaired) electrons. The van der Waals surface area contributed by atoms with Crippen molar-refractivity contribution in [3.8, 4) is 0 Å². The summed E-state index contributed by atoms with van der Waals surface area (Å²) in [6, 6.07) is 7.20. The number of halogens is 2. The van der Waals surface area contributed by atoms with Crippen LogP contribution < -0.4 is 11.1 Å². The van der Waals surface area contributed by atoms with Gasteiger partial charge in [0.2, 0.25) is 11.8 Å². The van der Waals surface area contributed by atoms with Crippen molar-refractivity contribution >= 4 is 22.8 Å². The summed E-state index contributed by atoms with van der Waals surface area (Å²) in [4.78, 5) is 32.5. The number of imidazole rings is 1. The van der Waals surface area contributed by atoms with Crippen LogP contribution >= 0.6 is 0 Å². The van der Waals surface area contributed by atoms with Crippen LogP contribution in [-0.4, -0.2) is 37.5 Å². The number of carbonyl (C=O) groups excluding carboxylic acids is 2. The molecule has 37 heavy (non-hydrogen) atoms. The summed E-state index contributed by atoms with van der Waals surface area (Å²) in [5, 5.41) is 7.57. The second kappa shape index (κ2) is 9.87. The molecule has 1 aromatic carbocycles. The molecule has 8 nitrogen and oxygen atoms in total. The van der Waals surface area contributed by atoms with E-state index in [0.717, 1.165) is 16.6 Å². The largest absolute Gasteiger partial charge is 0.364 e. The van der Waals surface area contributed by atoms with Gasteiger partial charge >= 0.3 is 0 Å². The van der Waals surface area contributed by atoms with Gasteiger partial charge in [-0.3, -0.25) is 14.3 Å². The van der Waals surface area contributed by atoms with E-state index in [4.69, 9.17) is 10.7 Å². The van der Waals surface area contributed by atoms with Gasteiger partial charge in [0.15, 0.2) is 0 Å². The number of rotatable bonds is 7. The van der Waals surface area contributed by atoms with Gasteiger partial charge in [-0.05, 0) is 54.9 Å². The highest BCUT2D eigenvalue weighted by Gasteiger charge is 2.40. The molecule has 1 saturated carbocycles. The first-order valence-electron chi connectivity index (χ1n) is 12.7. The molecule has 0 bridgehead atoms. The number of aromatic nitrogens is 4. The number of benzene rings is 1. The smallest absolute Gasteiger partial charge is 0.266 e. The number of fused-ring (bicyclic) bond motifs is 1. The molecule has 2 atom stereocenters. The van der Waals surface area contributed by atoms with E-state index in [1.807, 2.05) is 45.9 Å². The van der Waals surface area contributed by atoms with E-state index in [9.17, 15) is 18.4 Å². The van der Waals surface area contributed by atoms with E-state index >= 15 is 0 Å². The van der Waals surface area contributed by atoms with Crippen LogP contribution in [0.15, 0.2) is 24.3 Å². The summed E-state index contributed by atoms with van der Waals surface area (Å²) in [5.74, 6) is -3.19. The monoisotopic (exact) mass is 514 g/mol. The van der Waals surface area contributed by atoms with Crippen LogP contribution in [0, 0.1) is 11.3 Å². The van der Waals surface area contributed by atoms with Gasteiger partial charge in [-0.2, -0.15) is 5.10 Å². The Balaban J connectivity index is 1.66. The van der Waals surface area contributed by atoms with Gasteiger partial charge in [-0.1, -0.05) is 26.8 Å². The summed E-state index contributed by atoms with van der Waals surface area (Å²) >= 11 is 0. The van der Waals surface area contributed by atoms with E-state index in [0.29, 0.717) is 30.8 Å². The molecule has 1 aliphatic rings. The van der Waals surface area contributed by atoms with Gasteiger partial charge in [0, 0.05) is 26.3 Å². The van der Waals surface area contributed by atoms with Gasteiger partial charge in [-0.25, -0.2) is 13.8 Å². The van der Waals surface area contributed by atoms with Crippen molar-refractivity contribution in [2.45, 2.75) is 77.7 Å². The fraction of sp³-hybridized carbons (Fsp3) is 0.556. The number of aromatic amines is 1. The maximum absolute atomic E-state index is 14.0. The second-order valence-corrected chi connectivity index (χ2v) is 11.5. The third kappa shape index (κ3) is 6.17. The van der Waals surface area contributed by atoms with Crippen LogP contribution in [0.4, 0.5) is 8.78 Å². The first-order chi connectivity index (χ1) is 17.2. The molecule has 0 aliphatic heterocycles. The number of hydrogen-bond acceptors (Lipinski definition) is 4. The predicted octanol–water partition coefficient (Wildman–Crippen LogP) is 4.97. The molecule has 1 fully saturated rings. The van der Waals surface area contributed by atoms with E-state index in [2.05, 4.69) is 15.4 Å². The number of nitrogens with two attached hydrogens (primary N) is 1. The van der Waals surface area contributed by atoms with Crippen LogP contribution in [0.1, 0.15) is 99.3 Å². The van der Waals surface area contributed by atoms with Crippen molar-refractivity contribution in [1.82, 2.24) is 25.1 Å². The molecule has 2 heterocycles. The quantitative estimate of drug-likeness (QED) is 0.413. The maximum atomic E-state index is 14.0. The SMILES string of the molecule is C[C@@H](NC(=O)CC(C)(C)C)c1ccc2nc([C@H](c3cc(C(N)=O)n(C)n3)C3CCC(F)(F)CC3)[nH]c2c1. The van der Waals surface area contributed by atoms with E-state index in [1.54, 1.807) is 13.1 Å². The van der Waals surface area contributed by atoms with Crippen LogP contribution in [0.3, 0.4) is 0 Å². The fourth-order valence-electron chi connectivity index (χ4n) is 5.19. The zero-order valence-corrected chi connectivity index (χ0v) is 22.1. The highest BCUT2D eigenvalue weighted by molar-refractivity contribution is 5.91. The standard InChI is InChI=1S/C27H36F2N6O2/c1-15(31-22(36)14-26(2,3)4)17-6-7-18-19(12-17)33-25(32-18)23(16-8-10-27(28,29)11-9-16)20-13-21(24(30)37)35(5)34-20/h6-7,12-13,15-16,23H,8-11,14H2,1-5H3,(H2,30,37)(H,31,36)(H,32,33)/t15-,23+/m1/s1. The summed E-state index contributed by atoms with van der Waals surface area (Å²) < 4.78 is 29.3. The topological polar surface area (TPSA) is 119 Å². The minimum Gasteiger partial charge on any atom is -0.364 e. The third-order valence-electron chi connectivity index (χ3n) is 7.09. The third-order valence-corrected chi connectivity index (χ3v) is 7.09. The molecule has 2 aromatic heterocycles. The van der Waals surface area contributed by atoms with Crippen LogP contribution in [0.5, 0.6) is 0 Å². The number of nitrogens with one attached hydrogen (secondary N) is 2. The summed E-state index contributed by atoms with van der Waals surface area (Å²) in [7, 11) is 1.63. The van der Waals surface area contributed by atoms with Crippen molar-refractivity contribution < 1.29 is 18.4 Å². The second-order valence-electron chi connectivity index (χ2n) is 11.5. The molecule has 4 N–H and O–H groups in total. The zero-order valence-electron chi connectivity index (χ0n) is 22.1. The van der Waals surface area contributed by atoms with E-state index in [-0.39, 0.29) is 41.8 Å². The van der Waals surface area contributed by atoms with Crippen LogP contribution in [0.25, 0.3) is 11.0 Å². The molecular weight excluding hydrogens is 478 g/mol.